The van der Waals surface area contributed by atoms with Gasteiger partial charge in [0.15, 0.2) is 11.5 Å². The summed E-state index contributed by atoms with van der Waals surface area (Å²) in [5, 5.41) is 17.4. The van der Waals surface area contributed by atoms with Gasteiger partial charge in [-0.3, -0.25) is 10.1 Å². The summed E-state index contributed by atoms with van der Waals surface area (Å²) in [5.41, 5.74) is 8.22. The van der Waals surface area contributed by atoms with Crippen molar-refractivity contribution in [2.45, 2.75) is 25.9 Å². The van der Waals surface area contributed by atoms with Crippen LogP contribution in [0.15, 0.2) is 91.0 Å². The standard InChI is InChI=1S/C32H31N3O6/c1-20(8-2-7-13-30(37)35-26-12-6-5-11-25(26)33)31(24-15-16-27(36)23-10-4-3-9-22(23)24)41-32(38)34-21-14-17-28-29(18-21)40-19-39-28/h3-7,9-18,20,31,36H,2,8,19,33H2,1H3,(H,34,38)(H,35,37)/b13-7+/t20-,31+/m1/s1. The molecule has 41 heavy (non-hydrogen) atoms. The van der Waals surface area contributed by atoms with Gasteiger partial charge in [0.25, 0.3) is 0 Å². The number of allylic oxidation sites excluding steroid dienone is 1. The first-order chi connectivity index (χ1) is 19.9. The third-order valence-electron chi connectivity index (χ3n) is 6.89. The number of nitrogens with two attached hydrogens (primary N) is 1. The van der Waals surface area contributed by atoms with Gasteiger partial charge in [0, 0.05) is 22.7 Å². The van der Waals surface area contributed by atoms with E-state index in [1.165, 1.54) is 6.08 Å². The van der Waals surface area contributed by atoms with Gasteiger partial charge in [0.2, 0.25) is 12.7 Å². The number of para-hydroxylation sites is 2. The van der Waals surface area contributed by atoms with Crippen LogP contribution < -0.4 is 25.8 Å². The SMILES string of the molecule is C[C@H](CC/C=C/C(=O)Nc1ccccc1N)[C@H](OC(=O)Nc1ccc2c(c1)OCO2)c1ccc(O)c2ccccc12. The molecule has 2 atom stereocenters. The van der Waals surface area contributed by atoms with Gasteiger partial charge >= 0.3 is 6.09 Å². The fourth-order valence-corrected chi connectivity index (χ4v) is 4.76. The molecule has 2 amide bonds. The number of phenolic OH excluding ortho intramolecular Hbond substituents is 1. The van der Waals surface area contributed by atoms with E-state index in [4.69, 9.17) is 19.9 Å². The lowest BCUT2D eigenvalue weighted by Crippen LogP contribution is -2.22. The van der Waals surface area contributed by atoms with E-state index in [1.54, 1.807) is 60.7 Å². The first kappa shape index (κ1) is 27.4. The molecular formula is C32H31N3O6. The molecule has 4 aromatic rings. The number of hydrogen-bond acceptors (Lipinski definition) is 7. The van der Waals surface area contributed by atoms with Gasteiger partial charge in [-0.2, -0.15) is 0 Å². The number of anilines is 3. The van der Waals surface area contributed by atoms with Crippen LogP contribution in [0.4, 0.5) is 21.9 Å². The Labute approximate surface area is 237 Å². The molecule has 0 saturated heterocycles. The molecule has 5 rings (SSSR count). The van der Waals surface area contributed by atoms with E-state index in [2.05, 4.69) is 10.6 Å². The van der Waals surface area contributed by atoms with Gasteiger partial charge in [-0.1, -0.05) is 55.5 Å². The third kappa shape index (κ3) is 6.52. The molecular weight excluding hydrogens is 522 g/mol. The number of benzene rings is 4. The number of nitrogen functional groups attached to an aromatic ring is 1. The van der Waals surface area contributed by atoms with Crippen molar-refractivity contribution in [3.63, 3.8) is 0 Å². The van der Waals surface area contributed by atoms with Gasteiger partial charge in [0.1, 0.15) is 11.9 Å². The molecule has 0 spiro atoms. The molecule has 9 heteroatoms. The molecule has 0 unspecified atom stereocenters. The van der Waals surface area contributed by atoms with Gasteiger partial charge in [-0.25, -0.2) is 4.79 Å². The largest absolute Gasteiger partial charge is 0.507 e. The maximum Gasteiger partial charge on any atom is 0.412 e. The molecule has 1 aliphatic heterocycles. The number of ether oxygens (including phenoxy) is 3. The van der Waals surface area contributed by atoms with Crippen LogP contribution in [0.1, 0.15) is 31.4 Å². The van der Waals surface area contributed by atoms with Gasteiger partial charge in [-0.15, -0.1) is 0 Å². The highest BCUT2D eigenvalue weighted by molar-refractivity contribution is 6.01. The first-order valence-electron chi connectivity index (χ1n) is 13.3. The van der Waals surface area contributed by atoms with Crippen LogP contribution in [0.25, 0.3) is 10.8 Å². The zero-order chi connectivity index (χ0) is 28.8. The average Bonchev–Trinajstić information content (AvgIpc) is 3.44. The number of carbonyl (C=O) groups is 2. The molecule has 1 aliphatic rings. The minimum absolute atomic E-state index is 0.132. The van der Waals surface area contributed by atoms with Crippen molar-refractivity contribution in [1.29, 1.82) is 0 Å². The van der Waals surface area contributed by atoms with Crippen molar-refractivity contribution in [3.05, 3.63) is 96.6 Å². The predicted molar refractivity (Wildman–Crippen MR) is 158 cm³/mol. The molecule has 210 valence electrons. The van der Waals surface area contributed by atoms with Crippen LogP contribution in [0.3, 0.4) is 0 Å². The number of aromatic hydroxyl groups is 1. The van der Waals surface area contributed by atoms with E-state index in [1.807, 2.05) is 31.2 Å². The minimum atomic E-state index is -0.638. The maximum absolute atomic E-state index is 13.1. The number of amides is 2. The number of nitrogens with one attached hydrogen (secondary N) is 2. The van der Waals surface area contributed by atoms with E-state index >= 15 is 0 Å². The van der Waals surface area contributed by atoms with E-state index in [9.17, 15) is 14.7 Å². The summed E-state index contributed by atoms with van der Waals surface area (Å²) in [5.74, 6) is 0.885. The summed E-state index contributed by atoms with van der Waals surface area (Å²) in [4.78, 5) is 25.5. The Bertz CT molecular complexity index is 1600. The zero-order valence-electron chi connectivity index (χ0n) is 22.5. The van der Waals surface area contributed by atoms with E-state index in [0.29, 0.717) is 46.8 Å². The Kier molecular flexibility index (Phi) is 8.24. The minimum Gasteiger partial charge on any atom is -0.507 e. The van der Waals surface area contributed by atoms with Crippen molar-refractivity contribution in [1.82, 2.24) is 0 Å². The summed E-state index contributed by atoms with van der Waals surface area (Å²) in [6.45, 7) is 2.12. The molecule has 4 aromatic carbocycles. The Morgan fingerprint density at radius 1 is 0.976 bits per heavy atom. The average molecular weight is 554 g/mol. The highest BCUT2D eigenvalue weighted by atomic mass is 16.7. The van der Waals surface area contributed by atoms with Gasteiger partial charge < -0.3 is 30.4 Å². The van der Waals surface area contributed by atoms with Crippen LogP contribution >= 0.6 is 0 Å². The molecule has 0 aromatic heterocycles. The van der Waals surface area contributed by atoms with Crippen molar-refractivity contribution >= 4 is 39.8 Å². The molecule has 0 saturated carbocycles. The lowest BCUT2D eigenvalue weighted by Gasteiger charge is -2.26. The lowest BCUT2D eigenvalue weighted by molar-refractivity contribution is -0.111. The van der Waals surface area contributed by atoms with E-state index in [0.717, 1.165) is 10.9 Å². The number of fused-ring (bicyclic) bond motifs is 2. The Morgan fingerprint density at radius 2 is 1.73 bits per heavy atom. The molecule has 0 fully saturated rings. The fraction of sp³-hybridized carbons (Fsp3) is 0.188. The molecule has 9 nitrogen and oxygen atoms in total. The highest BCUT2D eigenvalue weighted by Gasteiger charge is 2.26. The Hall–Kier alpha value is -5.18. The summed E-state index contributed by atoms with van der Waals surface area (Å²) in [6.07, 6.45) is 3.17. The van der Waals surface area contributed by atoms with Crippen LogP contribution in [0, 0.1) is 5.92 Å². The molecule has 0 aliphatic carbocycles. The lowest BCUT2D eigenvalue weighted by atomic mass is 9.89. The quantitative estimate of drug-likeness (QED) is 0.133. The van der Waals surface area contributed by atoms with E-state index < -0.39 is 12.2 Å². The van der Waals surface area contributed by atoms with Crippen molar-refractivity contribution in [2.24, 2.45) is 5.92 Å². The molecule has 0 radical (unpaired) electrons. The summed E-state index contributed by atoms with van der Waals surface area (Å²) in [6, 6.07) is 23.0. The monoisotopic (exact) mass is 553 g/mol. The van der Waals surface area contributed by atoms with Crippen LogP contribution in [-0.4, -0.2) is 23.9 Å². The van der Waals surface area contributed by atoms with Crippen molar-refractivity contribution in [2.75, 3.05) is 23.2 Å². The summed E-state index contributed by atoms with van der Waals surface area (Å²) >= 11 is 0. The van der Waals surface area contributed by atoms with Crippen LogP contribution in [0.2, 0.25) is 0 Å². The predicted octanol–water partition coefficient (Wildman–Crippen LogP) is 6.76. The molecule has 0 bridgehead atoms. The smallest absolute Gasteiger partial charge is 0.412 e. The first-order valence-corrected chi connectivity index (χ1v) is 13.3. The number of carbonyl (C=O) groups excluding carboxylic acids is 2. The maximum atomic E-state index is 13.1. The normalized spacial score (nSPS) is 13.6. The zero-order valence-corrected chi connectivity index (χ0v) is 22.5. The Balaban J connectivity index is 1.30. The number of phenols is 1. The topological polar surface area (TPSA) is 132 Å². The van der Waals surface area contributed by atoms with Gasteiger partial charge in [-0.05, 0) is 60.6 Å². The second kappa shape index (κ2) is 12.3. The van der Waals surface area contributed by atoms with Crippen molar-refractivity contribution in [3.8, 4) is 17.2 Å². The van der Waals surface area contributed by atoms with Crippen LogP contribution in [0.5, 0.6) is 17.2 Å². The fourth-order valence-electron chi connectivity index (χ4n) is 4.76. The van der Waals surface area contributed by atoms with Gasteiger partial charge in [0.05, 0.1) is 11.4 Å². The van der Waals surface area contributed by atoms with Crippen LogP contribution in [-0.2, 0) is 9.53 Å². The number of hydrogen-bond donors (Lipinski definition) is 4. The van der Waals surface area contributed by atoms with E-state index in [-0.39, 0.29) is 24.4 Å². The molecule has 1 heterocycles. The molecule has 5 N–H and O–H groups in total. The summed E-state index contributed by atoms with van der Waals surface area (Å²) < 4.78 is 16.8. The van der Waals surface area contributed by atoms with Crippen molar-refractivity contribution < 1.29 is 28.9 Å². The second-order valence-corrected chi connectivity index (χ2v) is 9.77. The third-order valence-corrected chi connectivity index (χ3v) is 6.89. The number of rotatable bonds is 9. The summed E-state index contributed by atoms with van der Waals surface area (Å²) in [7, 11) is 0. The Morgan fingerprint density at radius 3 is 2.56 bits per heavy atom. The second-order valence-electron chi connectivity index (χ2n) is 9.77. The highest BCUT2D eigenvalue weighted by Crippen LogP contribution is 2.38.